The molecule has 0 aromatic carbocycles. The minimum atomic E-state index is 0.520. The predicted octanol–water partition coefficient (Wildman–Crippen LogP) is 2.92. The number of rotatable bonds is 2. The molecule has 0 radical (unpaired) electrons. The van der Waals surface area contributed by atoms with Crippen molar-refractivity contribution in [3.63, 3.8) is 0 Å². The van der Waals surface area contributed by atoms with Crippen molar-refractivity contribution in [1.29, 1.82) is 0 Å². The summed E-state index contributed by atoms with van der Waals surface area (Å²) in [5.41, 5.74) is 4.34. The minimum absolute atomic E-state index is 0.520. The molecule has 1 aromatic rings. The van der Waals surface area contributed by atoms with Gasteiger partial charge in [0.2, 0.25) is 0 Å². The van der Waals surface area contributed by atoms with Crippen molar-refractivity contribution in [3.05, 3.63) is 22.8 Å². The zero-order valence-electron chi connectivity index (χ0n) is 9.18. The number of hydrogen-bond acceptors (Lipinski definition) is 2. The summed E-state index contributed by atoms with van der Waals surface area (Å²) in [6.45, 7) is 10.5. The Bertz CT molecular complexity index is 305. The van der Waals surface area contributed by atoms with E-state index in [2.05, 4.69) is 23.8 Å². The summed E-state index contributed by atoms with van der Waals surface area (Å²) >= 11 is 0. The third-order valence-corrected chi connectivity index (χ3v) is 2.60. The molecule has 1 atom stereocenters. The molecule has 1 heterocycles. The van der Waals surface area contributed by atoms with E-state index in [0.717, 1.165) is 29.2 Å². The Morgan fingerprint density at radius 3 is 2.08 bits per heavy atom. The van der Waals surface area contributed by atoms with Gasteiger partial charge in [-0.25, -0.2) is 0 Å². The van der Waals surface area contributed by atoms with E-state index < -0.39 is 0 Å². The molecule has 0 amide bonds. The van der Waals surface area contributed by atoms with E-state index >= 15 is 0 Å². The summed E-state index contributed by atoms with van der Waals surface area (Å²) in [6.07, 6.45) is 1.12. The highest BCUT2D eigenvalue weighted by atomic mass is 14.8. The Kier molecular flexibility index (Phi) is 3.02. The second-order valence-electron chi connectivity index (χ2n) is 3.67. The fraction of sp³-hybridized carbons (Fsp3) is 0.636. The van der Waals surface area contributed by atoms with Crippen LogP contribution >= 0.6 is 0 Å². The lowest BCUT2D eigenvalue weighted by molar-refractivity contribution is 0.687. The average molecular weight is 178 g/mol. The first-order valence-corrected chi connectivity index (χ1v) is 4.88. The molecule has 13 heavy (non-hydrogen) atoms. The quantitative estimate of drug-likeness (QED) is 0.696. The Hall–Kier alpha value is -0.920. The number of nitrogens with zero attached hydrogens (tertiary/aromatic N) is 2. The first kappa shape index (κ1) is 10.2. The molecule has 2 nitrogen and oxygen atoms in total. The lowest BCUT2D eigenvalue weighted by atomic mass is 10.0. The van der Waals surface area contributed by atoms with Crippen molar-refractivity contribution in [2.24, 2.45) is 0 Å². The average Bonchev–Trinajstić information content (AvgIpc) is 2.10. The van der Waals surface area contributed by atoms with Crippen LogP contribution < -0.4 is 0 Å². The molecule has 0 fully saturated rings. The van der Waals surface area contributed by atoms with Crippen LogP contribution in [0.25, 0.3) is 0 Å². The molecule has 0 aliphatic carbocycles. The van der Waals surface area contributed by atoms with E-state index in [1.807, 2.05) is 20.8 Å². The van der Waals surface area contributed by atoms with Crippen molar-refractivity contribution < 1.29 is 0 Å². The highest BCUT2D eigenvalue weighted by Crippen LogP contribution is 2.19. The summed E-state index contributed by atoms with van der Waals surface area (Å²) in [7, 11) is 0. The van der Waals surface area contributed by atoms with Crippen LogP contribution in [-0.2, 0) is 0 Å². The van der Waals surface area contributed by atoms with Crippen LogP contribution in [0.4, 0.5) is 0 Å². The first-order valence-electron chi connectivity index (χ1n) is 4.88. The number of aromatic nitrogens is 2. The van der Waals surface area contributed by atoms with Gasteiger partial charge >= 0.3 is 0 Å². The Labute approximate surface area is 80.4 Å². The van der Waals surface area contributed by atoms with E-state index in [9.17, 15) is 0 Å². The lowest BCUT2D eigenvalue weighted by Gasteiger charge is -2.12. The van der Waals surface area contributed by atoms with Crippen molar-refractivity contribution >= 4 is 0 Å². The van der Waals surface area contributed by atoms with Crippen molar-refractivity contribution in [2.75, 3.05) is 0 Å². The Morgan fingerprint density at radius 2 is 1.54 bits per heavy atom. The highest BCUT2D eigenvalue weighted by Gasteiger charge is 2.10. The third kappa shape index (κ3) is 2.06. The van der Waals surface area contributed by atoms with Crippen LogP contribution in [0.3, 0.4) is 0 Å². The lowest BCUT2D eigenvalue weighted by Crippen LogP contribution is -2.05. The molecular formula is C11H18N2. The second-order valence-corrected chi connectivity index (χ2v) is 3.67. The maximum absolute atomic E-state index is 4.58. The molecule has 1 unspecified atom stereocenters. The van der Waals surface area contributed by atoms with Gasteiger partial charge in [0.05, 0.1) is 22.8 Å². The highest BCUT2D eigenvalue weighted by molar-refractivity contribution is 5.20. The zero-order chi connectivity index (χ0) is 10.0. The molecular weight excluding hydrogens is 160 g/mol. The van der Waals surface area contributed by atoms with Gasteiger partial charge in [0.15, 0.2) is 0 Å². The largest absolute Gasteiger partial charge is 0.255 e. The monoisotopic (exact) mass is 178 g/mol. The van der Waals surface area contributed by atoms with Gasteiger partial charge in [0.1, 0.15) is 0 Å². The topological polar surface area (TPSA) is 25.8 Å². The minimum Gasteiger partial charge on any atom is -0.255 e. The summed E-state index contributed by atoms with van der Waals surface area (Å²) < 4.78 is 0. The normalized spacial score (nSPS) is 13.0. The molecule has 2 heteroatoms. The van der Waals surface area contributed by atoms with Gasteiger partial charge in [0.25, 0.3) is 0 Å². The molecule has 0 bridgehead atoms. The predicted molar refractivity (Wildman–Crippen MR) is 54.9 cm³/mol. The van der Waals surface area contributed by atoms with Gasteiger partial charge in [-0.1, -0.05) is 13.8 Å². The van der Waals surface area contributed by atoms with Crippen LogP contribution in [0.2, 0.25) is 0 Å². The summed E-state index contributed by atoms with van der Waals surface area (Å²) in [5.74, 6) is 0.520. The number of hydrogen-bond donors (Lipinski definition) is 0. The van der Waals surface area contributed by atoms with Crippen molar-refractivity contribution in [1.82, 2.24) is 9.97 Å². The molecule has 0 saturated carbocycles. The van der Waals surface area contributed by atoms with Gasteiger partial charge in [0, 0.05) is 0 Å². The summed E-state index contributed by atoms with van der Waals surface area (Å²) in [5, 5.41) is 0. The fourth-order valence-electron chi connectivity index (χ4n) is 1.39. The van der Waals surface area contributed by atoms with E-state index in [0.29, 0.717) is 5.92 Å². The molecule has 0 aliphatic rings. The van der Waals surface area contributed by atoms with Gasteiger partial charge in [-0.2, -0.15) is 0 Å². The molecule has 0 aliphatic heterocycles. The molecule has 0 spiro atoms. The maximum atomic E-state index is 4.58. The van der Waals surface area contributed by atoms with Gasteiger partial charge in [-0.15, -0.1) is 0 Å². The maximum Gasteiger partial charge on any atom is 0.0647 e. The van der Waals surface area contributed by atoms with Crippen LogP contribution in [0.1, 0.15) is 49.0 Å². The smallest absolute Gasteiger partial charge is 0.0647 e. The Morgan fingerprint density at radius 1 is 1.00 bits per heavy atom. The molecule has 1 rings (SSSR count). The van der Waals surface area contributed by atoms with Gasteiger partial charge < -0.3 is 0 Å². The molecule has 0 N–H and O–H groups in total. The summed E-state index contributed by atoms with van der Waals surface area (Å²) in [6, 6.07) is 0. The zero-order valence-corrected chi connectivity index (χ0v) is 9.18. The van der Waals surface area contributed by atoms with E-state index in [4.69, 9.17) is 0 Å². The second kappa shape index (κ2) is 3.86. The Balaban J connectivity index is 3.15. The molecule has 0 saturated heterocycles. The number of aryl methyl sites for hydroxylation is 3. The standard InChI is InChI=1S/C11H18N2/c1-6-7(2)11-10(5)12-8(3)9(4)13-11/h7H,6H2,1-5H3. The van der Waals surface area contributed by atoms with E-state index in [1.165, 1.54) is 0 Å². The van der Waals surface area contributed by atoms with E-state index in [1.54, 1.807) is 0 Å². The van der Waals surface area contributed by atoms with Crippen LogP contribution in [0.15, 0.2) is 0 Å². The van der Waals surface area contributed by atoms with Crippen molar-refractivity contribution in [3.8, 4) is 0 Å². The fourth-order valence-corrected chi connectivity index (χ4v) is 1.39. The molecule has 72 valence electrons. The van der Waals surface area contributed by atoms with Crippen molar-refractivity contribution in [2.45, 2.75) is 47.0 Å². The van der Waals surface area contributed by atoms with Crippen LogP contribution in [-0.4, -0.2) is 9.97 Å². The molecule has 1 aromatic heterocycles. The van der Waals surface area contributed by atoms with Gasteiger partial charge in [-0.3, -0.25) is 9.97 Å². The van der Waals surface area contributed by atoms with Crippen LogP contribution in [0, 0.1) is 20.8 Å². The third-order valence-electron chi connectivity index (χ3n) is 2.60. The SMILES string of the molecule is CCC(C)c1nc(C)c(C)nc1C. The van der Waals surface area contributed by atoms with E-state index in [-0.39, 0.29) is 0 Å². The summed E-state index contributed by atoms with van der Waals surface area (Å²) in [4.78, 5) is 9.06. The first-order chi connectivity index (χ1) is 6.06. The van der Waals surface area contributed by atoms with Crippen LogP contribution in [0.5, 0.6) is 0 Å². The van der Waals surface area contributed by atoms with Gasteiger partial charge in [-0.05, 0) is 33.1 Å².